The number of rotatable bonds is 5. The lowest BCUT2D eigenvalue weighted by molar-refractivity contribution is -0.150. The van der Waals surface area contributed by atoms with Gasteiger partial charge in [0.05, 0.1) is 6.42 Å². The van der Waals surface area contributed by atoms with Crippen molar-refractivity contribution < 1.29 is 22.8 Å². The number of carbonyl (C=O) groups is 1. The first-order valence-corrected chi connectivity index (χ1v) is 7.68. The molecule has 0 aliphatic carbocycles. The van der Waals surface area contributed by atoms with Gasteiger partial charge in [0.25, 0.3) is 0 Å². The molecule has 0 fully saturated rings. The molecule has 0 saturated heterocycles. The normalized spacial score (nSPS) is 12.1. The molecule has 1 heterocycles. The number of nitrogens with zero attached hydrogens (tertiary/aromatic N) is 2. The van der Waals surface area contributed by atoms with Crippen LogP contribution >= 0.6 is 0 Å². The Labute approximate surface area is 144 Å². The first kappa shape index (κ1) is 18.8. The number of aryl methyl sites for hydroxylation is 1. The lowest BCUT2D eigenvalue weighted by Crippen LogP contribution is -2.25. The van der Waals surface area contributed by atoms with Crippen molar-refractivity contribution in [2.24, 2.45) is 0 Å². The molecule has 5 nitrogen and oxygen atoms in total. The van der Waals surface area contributed by atoms with Crippen LogP contribution in [0.1, 0.15) is 43.6 Å². The zero-order chi connectivity index (χ0) is 18.8. The van der Waals surface area contributed by atoms with E-state index in [1.165, 1.54) is 12.1 Å². The van der Waals surface area contributed by atoms with Crippen LogP contribution in [0.5, 0.6) is 0 Å². The zero-order valence-electron chi connectivity index (χ0n) is 14.6. The second-order valence-corrected chi connectivity index (χ2v) is 6.73. The van der Waals surface area contributed by atoms with Crippen molar-refractivity contribution in [3.05, 3.63) is 59.3 Å². The molecule has 0 atom stereocenters. The van der Waals surface area contributed by atoms with Crippen LogP contribution in [-0.2, 0) is 21.9 Å². The maximum absolute atomic E-state index is 14.5. The van der Waals surface area contributed by atoms with Crippen LogP contribution < -0.4 is 0 Å². The number of halogens is 2. The molecule has 0 amide bonds. The highest BCUT2D eigenvalue weighted by molar-refractivity contribution is 5.88. The summed E-state index contributed by atoms with van der Waals surface area (Å²) in [6.07, 6.45) is -0.161. The van der Waals surface area contributed by atoms with Gasteiger partial charge in [-0.1, -0.05) is 41.6 Å². The van der Waals surface area contributed by atoms with Gasteiger partial charge in [0.2, 0.25) is 11.7 Å². The van der Waals surface area contributed by atoms with E-state index in [1.54, 1.807) is 39.8 Å². The molecule has 25 heavy (non-hydrogen) atoms. The molecule has 134 valence electrons. The molecule has 0 N–H and O–H groups in total. The first-order chi connectivity index (χ1) is 11.5. The summed E-state index contributed by atoms with van der Waals surface area (Å²) in [4.78, 5) is 15.6. The standard InChI is InChI=1S/C18H20F2N2O3/c1-11-6-8-13(9-7-11)18(19,20)16-21-14(25-22-16)10-12(2)15(23)24-17(3,4)5/h6-9H,2,10H2,1,3-5H3. The van der Waals surface area contributed by atoms with Crippen molar-refractivity contribution in [1.29, 1.82) is 0 Å². The third-order valence-electron chi connectivity index (χ3n) is 3.22. The van der Waals surface area contributed by atoms with Gasteiger partial charge in [-0.2, -0.15) is 13.8 Å². The number of alkyl halides is 2. The number of ether oxygens (including phenoxy) is 1. The number of aromatic nitrogens is 2. The van der Waals surface area contributed by atoms with Crippen molar-refractivity contribution in [2.75, 3.05) is 0 Å². The quantitative estimate of drug-likeness (QED) is 0.603. The number of carbonyl (C=O) groups excluding carboxylic acids is 1. The van der Waals surface area contributed by atoms with Gasteiger partial charge in [-0.25, -0.2) is 4.79 Å². The third kappa shape index (κ3) is 4.71. The summed E-state index contributed by atoms with van der Waals surface area (Å²) >= 11 is 0. The summed E-state index contributed by atoms with van der Waals surface area (Å²) in [5.41, 5.74) is -0.0133. The van der Waals surface area contributed by atoms with E-state index < -0.39 is 23.3 Å². The number of hydrogen-bond donors (Lipinski definition) is 0. The summed E-state index contributed by atoms with van der Waals surface area (Å²) in [6, 6.07) is 5.78. The Balaban J connectivity index is 2.12. The molecule has 2 aromatic rings. The summed E-state index contributed by atoms with van der Waals surface area (Å²) < 4.78 is 38.9. The number of benzene rings is 1. The number of esters is 1. The third-order valence-corrected chi connectivity index (χ3v) is 3.22. The van der Waals surface area contributed by atoms with Gasteiger partial charge in [-0.05, 0) is 27.7 Å². The Kier molecular flexibility index (Phi) is 5.06. The largest absolute Gasteiger partial charge is 0.457 e. The smallest absolute Gasteiger partial charge is 0.335 e. The van der Waals surface area contributed by atoms with Gasteiger partial charge in [-0.15, -0.1) is 0 Å². The number of hydrogen-bond acceptors (Lipinski definition) is 5. The lowest BCUT2D eigenvalue weighted by atomic mass is 10.1. The van der Waals surface area contributed by atoms with Gasteiger partial charge < -0.3 is 9.26 Å². The molecule has 1 aromatic carbocycles. The van der Waals surface area contributed by atoms with Crippen molar-refractivity contribution in [3.8, 4) is 0 Å². The Bertz CT molecular complexity index is 774. The molecule has 0 unspecified atom stereocenters. The zero-order valence-corrected chi connectivity index (χ0v) is 14.6. The fourth-order valence-corrected chi connectivity index (χ4v) is 1.95. The van der Waals surface area contributed by atoms with Crippen LogP contribution in [0.15, 0.2) is 40.9 Å². The summed E-state index contributed by atoms with van der Waals surface area (Å²) in [6.45, 7) is 10.5. The molecular formula is C18H20F2N2O3. The molecule has 0 saturated carbocycles. The van der Waals surface area contributed by atoms with Gasteiger partial charge in [0, 0.05) is 11.1 Å². The fourth-order valence-electron chi connectivity index (χ4n) is 1.95. The minimum Gasteiger partial charge on any atom is -0.457 e. The van der Waals surface area contributed by atoms with E-state index in [-0.39, 0.29) is 23.4 Å². The van der Waals surface area contributed by atoms with E-state index in [0.717, 1.165) is 5.56 Å². The van der Waals surface area contributed by atoms with Gasteiger partial charge in [0.1, 0.15) is 5.60 Å². The molecule has 2 rings (SSSR count). The van der Waals surface area contributed by atoms with Gasteiger partial charge in [-0.3, -0.25) is 0 Å². The Morgan fingerprint density at radius 2 is 1.84 bits per heavy atom. The Morgan fingerprint density at radius 1 is 1.24 bits per heavy atom. The van der Waals surface area contributed by atoms with Crippen LogP contribution in [0.2, 0.25) is 0 Å². The molecule has 0 radical (unpaired) electrons. The molecular weight excluding hydrogens is 330 g/mol. The average molecular weight is 350 g/mol. The second kappa shape index (κ2) is 6.74. The molecule has 0 aliphatic heterocycles. The Morgan fingerprint density at radius 3 is 2.40 bits per heavy atom. The van der Waals surface area contributed by atoms with E-state index in [2.05, 4.69) is 16.7 Å². The van der Waals surface area contributed by atoms with E-state index >= 15 is 0 Å². The highest BCUT2D eigenvalue weighted by Gasteiger charge is 2.39. The molecule has 0 spiro atoms. The topological polar surface area (TPSA) is 65.2 Å². The molecule has 0 aliphatic rings. The SMILES string of the molecule is C=C(Cc1nc(C(F)(F)c2ccc(C)cc2)no1)C(=O)OC(C)(C)C. The molecule has 0 bridgehead atoms. The van der Waals surface area contributed by atoms with E-state index in [0.29, 0.717) is 0 Å². The van der Waals surface area contributed by atoms with Crippen molar-refractivity contribution in [2.45, 2.75) is 45.6 Å². The summed E-state index contributed by atoms with van der Waals surface area (Å²) in [5, 5.41) is 3.34. The van der Waals surface area contributed by atoms with Crippen molar-refractivity contribution in [1.82, 2.24) is 10.1 Å². The summed E-state index contributed by atoms with van der Waals surface area (Å²) in [5.74, 6) is -4.93. The fraction of sp³-hybridized carbons (Fsp3) is 0.389. The van der Waals surface area contributed by atoms with E-state index in [9.17, 15) is 13.6 Å². The maximum Gasteiger partial charge on any atom is 0.335 e. The molecule has 7 heteroatoms. The maximum atomic E-state index is 14.5. The van der Waals surface area contributed by atoms with Crippen molar-refractivity contribution >= 4 is 5.97 Å². The van der Waals surface area contributed by atoms with Crippen LogP contribution in [0, 0.1) is 6.92 Å². The predicted octanol–water partition coefficient (Wildman–Crippen LogP) is 3.96. The first-order valence-electron chi connectivity index (χ1n) is 7.68. The minimum atomic E-state index is -3.40. The van der Waals surface area contributed by atoms with Gasteiger partial charge in [0.15, 0.2) is 0 Å². The average Bonchev–Trinajstić information content (AvgIpc) is 2.95. The lowest BCUT2D eigenvalue weighted by Gasteiger charge is -2.19. The molecule has 1 aromatic heterocycles. The van der Waals surface area contributed by atoms with E-state index in [4.69, 9.17) is 9.26 Å². The van der Waals surface area contributed by atoms with Crippen LogP contribution in [0.4, 0.5) is 8.78 Å². The highest BCUT2D eigenvalue weighted by atomic mass is 19.3. The van der Waals surface area contributed by atoms with Crippen LogP contribution in [-0.4, -0.2) is 21.7 Å². The van der Waals surface area contributed by atoms with Crippen LogP contribution in [0.3, 0.4) is 0 Å². The van der Waals surface area contributed by atoms with Crippen LogP contribution in [0.25, 0.3) is 0 Å². The second-order valence-electron chi connectivity index (χ2n) is 6.73. The van der Waals surface area contributed by atoms with Crippen molar-refractivity contribution in [3.63, 3.8) is 0 Å². The minimum absolute atomic E-state index is 0.0452. The monoisotopic (exact) mass is 350 g/mol. The summed E-state index contributed by atoms with van der Waals surface area (Å²) in [7, 11) is 0. The highest BCUT2D eigenvalue weighted by Crippen LogP contribution is 2.33. The Hall–Kier alpha value is -2.57. The van der Waals surface area contributed by atoms with Gasteiger partial charge >= 0.3 is 11.9 Å². The van der Waals surface area contributed by atoms with E-state index in [1.807, 2.05) is 0 Å². The predicted molar refractivity (Wildman–Crippen MR) is 87.2 cm³/mol.